The number of phenolic OH excluding ortho intramolecular Hbond substituents is 1. The van der Waals surface area contributed by atoms with Crippen LogP contribution in [0.3, 0.4) is 0 Å². The number of carbonyl (C=O) groups is 1. The number of rotatable bonds is 6. The van der Waals surface area contributed by atoms with Crippen molar-refractivity contribution in [3.8, 4) is 16.9 Å². The molecule has 3 N–H and O–H groups in total. The van der Waals surface area contributed by atoms with Gasteiger partial charge in [0.05, 0.1) is 11.1 Å². The van der Waals surface area contributed by atoms with E-state index in [-0.39, 0.29) is 18.1 Å². The lowest BCUT2D eigenvalue weighted by molar-refractivity contribution is -0.116. The van der Waals surface area contributed by atoms with Crippen molar-refractivity contribution in [3.05, 3.63) is 66.3 Å². The van der Waals surface area contributed by atoms with Gasteiger partial charge in [-0.15, -0.1) is 11.3 Å². The lowest BCUT2D eigenvalue weighted by Gasteiger charge is -2.09. The van der Waals surface area contributed by atoms with Crippen LogP contribution in [0.15, 0.2) is 66.3 Å². The highest BCUT2D eigenvalue weighted by molar-refractivity contribution is 7.17. The van der Waals surface area contributed by atoms with Gasteiger partial charge in [0.25, 0.3) is 0 Å². The molecular formula is C21H18N4O2S. The fourth-order valence-electron chi connectivity index (χ4n) is 2.93. The van der Waals surface area contributed by atoms with E-state index in [2.05, 4.69) is 38.1 Å². The molecule has 0 fully saturated rings. The van der Waals surface area contributed by atoms with Crippen molar-refractivity contribution >= 4 is 39.0 Å². The number of nitrogens with zero attached hydrogens (tertiary/aromatic N) is 2. The summed E-state index contributed by atoms with van der Waals surface area (Å²) in [5.41, 5.74) is 2.58. The van der Waals surface area contributed by atoms with Crippen LogP contribution in [-0.2, 0) is 4.79 Å². The molecule has 0 spiro atoms. The molecule has 1 amide bonds. The number of phenols is 1. The molecule has 6 nitrogen and oxygen atoms in total. The topological polar surface area (TPSA) is 87.1 Å². The Balaban J connectivity index is 1.47. The zero-order valence-electron chi connectivity index (χ0n) is 14.9. The van der Waals surface area contributed by atoms with E-state index < -0.39 is 0 Å². The van der Waals surface area contributed by atoms with Crippen molar-refractivity contribution in [1.29, 1.82) is 0 Å². The number of aromatic nitrogens is 2. The quantitative estimate of drug-likeness (QED) is 0.422. The van der Waals surface area contributed by atoms with Gasteiger partial charge in [0.2, 0.25) is 5.91 Å². The van der Waals surface area contributed by atoms with Gasteiger partial charge in [-0.05, 0) is 17.7 Å². The fourth-order valence-corrected chi connectivity index (χ4v) is 3.84. The number of nitrogens with one attached hydrogen (secondary N) is 2. The highest BCUT2D eigenvalue weighted by atomic mass is 32.1. The molecule has 0 bridgehead atoms. The standard InChI is InChI=1S/C21H18N4O2S/c26-17-9-5-4-8-16(17)25-18(27)10-11-22-20-19-15(14-6-2-1-3-7-14)12-28-21(19)24-13-23-20/h1-9,12-13,26H,10-11H2,(H,25,27)(H,22,23,24). The van der Waals surface area contributed by atoms with E-state index in [1.165, 1.54) is 12.4 Å². The molecule has 0 aliphatic carbocycles. The number of carbonyl (C=O) groups excluding carboxylic acids is 1. The first-order valence-electron chi connectivity index (χ1n) is 8.81. The fraction of sp³-hybridized carbons (Fsp3) is 0.0952. The Hall–Kier alpha value is -3.45. The molecule has 0 saturated heterocycles. The smallest absolute Gasteiger partial charge is 0.226 e. The molecule has 2 aromatic carbocycles. The molecule has 2 heterocycles. The summed E-state index contributed by atoms with van der Waals surface area (Å²) >= 11 is 1.57. The predicted molar refractivity (Wildman–Crippen MR) is 113 cm³/mol. The molecule has 7 heteroatoms. The van der Waals surface area contributed by atoms with E-state index in [1.54, 1.807) is 29.5 Å². The van der Waals surface area contributed by atoms with Crippen LogP contribution in [0.2, 0.25) is 0 Å². The van der Waals surface area contributed by atoms with Crippen LogP contribution in [0.5, 0.6) is 5.75 Å². The average molecular weight is 390 g/mol. The molecule has 0 atom stereocenters. The molecule has 0 radical (unpaired) electrons. The molecule has 4 aromatic rings. The molecule has 2 aromatic heterocycles. The summed E-state index contributed by atoms with van der Waals surface area (Å²) in [6.07, 6.45) is 1.77. The van der Waals surface area contributed by atoms with Gasteiger partial charge in [-0.2, -0.15) is 0 Å². The molecule has 0 saturated carbocycles. The van der Waals surface area contributed by atoms with Gasteiger partial charge in [-0.3, -0.25) is 4.79 Å². The van der Waals surface area contributed by atoms with Crippen molar-refractivity contribution in [2.75, 3.05) is 17.2 Å². The number of benzene rings is 2. The summed E-state index contributed by atoms with van der Waals surface area (Å²) < 4.78 is 0. The van der Waals surface area contributed by atoms with Crippen LogP contribution in [-0.4, -0.2) is 27.5 Å². The summed E-state index contributed by atoms with van der Waals surface area (Å²) in [5.74, 6) is 0.570. The van der Waals surface area contributed by atoms with Crippen LogP contribution >= 0.6 is 11.3 Å². The Kier molecular flexibility index (Phi) is 5.16. The van der Waals surface area contributed by atoms with Crippen molar-refractivity contribution in [1.82, 2.24) is 9.97 Å². The number of para-hydroxylation sites is 2. The number of hydrogen-bond acceptors (Lipinski definition) is 6. The van der Waals surface area contributed by atoms with Crippen molar-refractivity contribution in [3.63, 3.8) is 0 Å². The highest BCUT2D eigenvalue weighted by Gasteiger charge is 2.13. The number of amides is 1. The first-order valence-corrected chi connectivity index (χ1v) is 9.69. The van der Waals surface area contributed by atoms with Crippen LogP contribution < -0.4 is 10.6 Å². The second-order valence-corrected chi connectivity index (χ2v) is 7.02. The van der Waals surface area contributed by atoms with Gasteiger partial charge >= 0.3 is 0 Å². The van der Waals surface area contributed by atoms with E-state index in [4.69, 9.17) is 0 Å². The van der Waals surface area contributed by atoms with Crippen molar-refractivity contribution < 1.29 is 9.90 Å². The third-order valence-corrected chi connectivity index (χ3v) is 5.16. The van der Waals surface area contributed by atoms with E-state index in [1.807, 2.05) is 18.2 Å². The molecular weight excluding hydrogens is 372 g/mol. The number of aromatic hydroxyl groups is 1. The number of anilines is 2. The maximum absolute atomic E-state index is 12.2. The summed E-state index contributed by atoms with van der Waals surface area (Å²) in [7, 11) is 0. The monoisotopic (exact) mass is 390 g/mol. The maximum atomic E-state index is 12.2. The van der Waals surface area contributed by atoms with Gasteiger partial charge in [-0.1, -0.05) is 42.5 Å². The first kappa shape index (κ1) is 17.9. The Bertz CT molecular complexity index is 1110. The average Bonchev–Trinajstić information content (AvgIpc) is 3.15. The predicted octanol–water partition coefficient (Wildman–Crippen LogP) is 4.50. The van der Waals surface area contributed by atoms with E-state index in [0.29, 0.717) is 18.1 Å². The Morgan fingerprint density at radius 1 is 1.04 bits per heavy atom. The summed E-state index contributed by atoms with van der Waals surface area (Å²) in [5, 5.41) is 18.7. The SMILES string of the molecule is O=C(CCNc1ncnc2scc(-c3ccccc3)c12)Nc1ccccc1O. The highest BCUT2D eigenvalue weighted by Crippen LogP contribution is 2.36. The van der Waals surface area contributed by atoms with E-state index >= 15 is 0 Å². The summed E-state index contributed by atoms with van der Waals surface area (Å²) in [6.45, 7) is 0.412. The maximum Gasteiger partial charge on any atom is 0.226 e. The second-order valence-electron chi connectivity index (χ2n) is 6.16. The van der Waals surface area contributed by atoms with Gasteiger partial charge in [0, 0.05) is 23.9 Å². The Morgan fingerprint density at radius 3 is 2.64 bits per heavy atom. The lowest BCUT2D eigenvalue weighted by Crippen LogP contribution is -2.16. The van der Waals surface area contributed by atoms with Gasteiger partial charge < -0.3 is 15.7 Å². The molecule has 140 valence electrons. The van der Waals surface area contributed by atoms with Crippen molar-refractivity contribution in [2.24, 2.45) is 0 Å². The third-order valence-electron chi connectivity index (χ3n) is 4.28. The lowest BCUT2D eigenvalue weighted by atomic mass is 10.1. The van der Waals surface area contributed by atoms with Gasteiger partial charge in [0.15, 0.2) is 0 Å². The minimum absolute atomic E-state index is 0.0482. The van der Waals surface area contributed by atoms with Crippen LogP contribution in [0, 0.1) is 0 Å². The van der Waals surface area contributed by atoms with Crippen LogP contribution in [0.1, 0.15) is 6.42 Å². The molecule has 28 heavy (non-hydrogen) atoms. The molecule has 4 rings (SSSR count). The summed E-state index contributed by atoms with van der Waals surface area (Å²) in [4.78, 5) is 21.8. The zero-order chi connectivity index (χ0) is 19.3. The molecule has 0 aliphatic heterocycles. The van der Waals surface area contributed by atoms with Crippen molar-refractivity contribution in [2.45, 2.75) is 6.42 Å². The summed E-state index contributed by atoms with van der Waals surface area (Å²) in [6, 6.07) is 16.7. The normalized spacial score (nSPS) is 10.7. The van der Waals surface area contributed by atoms with Crippen LogP contribution in [0.4, 0.5) is 11.5 Å². The van der Waals surface area contributed by atoms with Gasteiger partial charge in [-0.25, -0.2) is 9.97 Å². The first-order chi connectivity index (χ1) is 13.7. The Labute approximate surface area is 165 Å². The van der Waals surface area contributed by atoms with Gasteiger partial charge in [0.1, 0.15) is 22.7 Å². The third kappa shape index (κ3) is 3.79. The molecule has 0 aliphatic rings. The van der Waals surface area contributed by atoms with Crippen LogP contribution in [0.25, 0.3) is 21.3 Å². The number of fused-ring (bicyclic) bond motifs is 1. The Morgan fingerprint density at radius 2 is 1.82 bits per heavy atom. The zero-order valence-corrected chi connectivity index (χ0v) is 15.7. The number of thiophene rings is 1. The largest absolute Gasteiger partial charge is 0.506 e. The minimum atomic E-state index is -0.187. The van der Waals surface area contributed by atoms with E-state index in [0.717, 1.165) is 21.3 Å². The van der Waals surface area contributed by atoms with E-state index in [9.17, 15) is 9.90 Å². The second kappa shape index (κ2) is 8.06. The number of hydrogen-bond donors (Lipinski definition) is 3. The minimum Gasteiger partial charge on any atom is -0.506 e. The molecule has 0 unspecified atom stereocenters.